The summed E-state index contributed by atoms with van der Waals surface area (Å²) in [6.07, 6.45) is 1.61. The number of rotatable bonds is 3. The summed E-state index contributed by atoms with van der Waals surface area (Å²) in [4.78, 5) is 13.0. The highest BCUT2D eigenvalue weighted by Crippen LogP contribution is 2.33. The minimum absolute atomic E-state index is 0.159. The van der Waals surface area contributed by atoms with E-state index in [1.54, 1.807) is 6.20 Å². The first-order chi connectivity index (χ1) is 11.1. The molecule has 0 bridgehead atoms. The first kappa shape index (κ1) is 15.9. The molecule has 23 heavy (non-hydrogen) atoms. The highest BCUT2D eigenvalue weighted by atomic mass is 35.5. The third-order valence-electron chi connectivity index (χ3n) is 3.63. The van der Waals surface area contributed by atoms with E-state index >= 15 is 0 Å². The molecule has 0 amide bonds. The first-order valence-corrected chi connectivity index (χ1v) is 7.60. The SMILES string of the molecule is COc1c(Cl)cc(Cl)cc1C(=O)n1cc(CO)c2ccccc21. The predicted octanol–water partition coefficient (Wildman–Crippen LogP) is 4.14. The normalized spacial score (nSPS) is 11.0. The van der Waals surface area contributed by atoms with Crippen LogP contribution < -0.4 is 4.74 Å². The molecule has 4 nitrogen and oxygen atoms in total. The Morgan fingerprint density at radius 1 is 1.26 bits per heavy atom. The van der Waals surface area contributed by atoms with Gasteiger partial charge < -0.3 is 9.84 Å². The van der Waals surface area contributed by atoms with Gasteiger partial charge in [0.1, 0.15) is 5.75 Å². The zero-order valence-corrected chi connectivity index (χ0v) is 13.7. The van der Waals surface area contributed by atoms with E-state index in [1.807, 2.05) is 24.3 Å². The zero-order chi connectivity index (χ0) is 16.6. The van der Waals surface area contributed by atoms with Crippen molar-refractivity contribution in [1.29, 1.82) is 0 Å². The van der Waals surface area contributed by atoms with E-state index < -0.39 is 0 Å². The number of aliphatic hydroxyl groups is 1. The summed E-state index contributed by atoms with van der Waals surface area (Å²) in [6.45, 7) is -0.159. The van der Waals surface area contributed by atoms with Crippen LogP contribution in [0.25, 0.3) is 10.9 Å². The van der Waals surface area contributed by atoms with E-state index in [0.29, 0.717) is 16.1 Å². The lowest BCUT2D eigenvalue weighted by molar-refractivity contribution is 0.0961. The van der Waals surface area contributed by atoms with Crippen molar-refractivity contribution in [3.05, 3.63) is 63.8 Å². The van der Waals surface area contributed by atoms with E-state index in [0.717, 1.165) is 5.39 Å². The molecule has 1 aromatic heterocycles. The minimum Gasteiger partial charge on any atom is -0.494 e. The fourth-order valence-corrected chi connectivity index (χ4v) is 3.17. The number of aliphatic hydroxyl groups excluding tert-OH is 1. The molecule has 0 fully saturated rings. The van der Waals surface area contributed by atoms with E-state index in [1.165, 1.54) is 23.8 Å². The van der Waals surface area contributed by atoms with Gasteiger partial charge in [-0.1, -0.05) is 41.4 Å². The number of fused-ring (bicyclic) bond motifs is 1. The number of ether oxygens (including phenoxy) is 1. The molecule has 1 heterocycles. The molecular weight excluding hydrogens is 337 g/mol. The molecule has 0 saturated heterocycles. The van der Waals surface area contributed by atoms with Crippen LogP contribution in [0, 0.1) is 0 Å². The number of hydrogen-bond donors (Lipinski definition) is 1. The van der Waals surface area contributed by atoms with Crippen LogP contribution in [0.3, 0.4) is 0 Å². The van der Waals surface area contributed by atoms with Gasteiger partial charge in [-0.2, -0.15) is 0 Å². The van der Waals surface area contributed by atoms with Crippen molar-refractivity contribution < 1.29 is 14.6 Å². The summed E-state index contributed by atoms with van der Waals surface area (Å²) in [5, 5.41) is 10.9. The third-order valence-corrected chi connectivity index (χ3v) is 4.13. The first-order valence-electron chi connectivity index (χ1n) is 6.84. The van der Waals surface area contributed by atoms with E-state index in [9.17, 15) is 9.90 Å². The van der Waals surface area contributed by atoms with Crippen LogP contribution in [0.5, 0.6) is 5.75 Å². The molecule has 0 aliphatic rings. The molecule has 6 heteroatoms. The van der Waals surface area contributed by atoms with Gasteiger partial charge in [0.2, 0.25) is 0 Å². The van der Waals surface area contributed by atoms with Gasteiger partial charge in [-0.15, -0.1) is 0 Å². The van der Waals surface area contributed by atoms with Crippen molar-refractivity contribution in [1.82, 2.24) is 4.57 Å². The summed E-state index contributed by atoms with van der Waals surface area (Å²) in [5.74, 6) is -0.0634. The number of halogens is 2. The fourth-order valence-electron chi connectivity index (χ4n) is 2.60. The number of carbonyl (C=O) groups is 1. The Bertz CT molecular complexity index is 902. The van der Waals surface area contributed by atoms with Crippen molar-refractivity contribution in [2.75, 3.05) is 7.11 Å². The second-order valence-corrected chi connectivity index (χ2v) is 5.82. The van der Waals surface area contributed by atoms with Crippen LogP contribution >= 0.6 is 23.2 Å². The van der Waals surface area contributed by atoms with Crippen molar-refractivity contribution in [3.63, 3.8) is 0 Å². The van der Waals surface area contributed by atoms with Gasteiger partial charge in [0, 0.05) is 22.2 Å². The Kier molecular flexibility index (Phi) is 4.31. The highest BCUT2D eigenvalue weighted by Gasteiger charge is 2.20. The minimum atomic E-state index is -0.331. The maximum atomic E-state index is 13.0. The van der Waals surface area contributed by atoms with Crippen LogP contribution in [0.15, 0.2) is 42.6 Å². The maximum absolute atomic E-state index is 13.0. The monoisotopic (exact) mass is 349 g/mol. The van der Waals surface area contributed by atoms with E-state index in [4.69, 9.17) is 27.9 Å². The topological polar surface area (TPSA) is 51.5 Å². The lowest BCUT2D eigenvalue weighted by Crippen LogP contribution is -2.12. The molecular formula is C17H13Cl2NO3. The number of carbonyl (C=O) groups excluding carboxylic acids is 1. The van der Waals surface area contributed by atoms with Gasteiger partial charge >= 0.3 is 0 Å². The summed E-state index contributed by atoms with van der Waals surface area (Å²) >= 11 is 12.1. The van der Waals surface area contributed by atoms with Gasteiger partial charge in [-0.05, 0) is 18.2 Å². The average molecular weight is 350 g/mol. The predicted molar refractivity (Wildman–Crippen MR) is 90.6 cm³/mol. The molecule has 3 rings (SSSR count). The fraction of sp³-hybridized carbons (Fsp3) is 0.118. The molecule has 1 N–H and O–H groups in total. The molecule has 3 aromatic rings. The Morgan fingerprint density at radius 3 is 2.70 bits per heavy atom. The largest absolute Gasteiger partial charge is 0.494 e. The second kappa shape index (κ2) is 6.24. The Labute approximate surface area is 142 Å². The molecule has 0 unspecified atom stereocenters. The molecule has 118 valence electrons. The van der Waals surface area contributed by atoms with Crippen molar-refractivity contribution in [2.24, 2.45) is 0 Å². The maximum Gasteiger partial charge on any atom is 0.266 e. The third kappa shape index (κ3) is 2.70. The Morgan fingerprint density at radius 2 is 2.00 bits per heavy atom. The van der Waals surface area contributed by atoms with Crippen molar-refractivity contribution in [3.8, 4) is 5.75 Å². The highest BCUT2D eigenvalue weighted by molar-refractivity contribution is 6.36. The van der Waals surface area contributed by atoms with Crippen LogP contribution in [-0.4, -0.2) is 22.7 Å². The van der Waals surface area contributed by atoms with Gasteiger partial charge in [0.05, 0.1) is 29.8 Å². The number of hydrogen-bond acceptors (Lipinski definition) is 3. The summed E-state index contributed by atoms with van der Waals surface area (Å²) in [6, 6.07) is 10.4. The summed E-state index contributed by atoms with van der Waals surface area (Å²) in [7, 11) is 1.44. The Hall–Kier alpha value is -2.01. The molecule has 2 aromatic carbocycles. The number of nitrogens with zero attached hydrogens (tertiary/aromatic N) is 1. The standard InChI is InChI=1S/C17H13Cl2NO3/c1-23-16-13(6-11(18)7-14(16)19)17(22)20-8-10(9-21)12-4-2-3-5-15(12)20/h2-8,21H,9H2,1H3. The Balaban J connectivity index is 2.23. The van der Waals surface area contributed by atoms with E-state index in [2.05, 4.69) is 0 Å². The lowest BCUT2D eigenvalue weighted by Gasteiger charge is -2.11. The van der Waals surface area contributed by atoms with Crippen LogP contribution in [0.2, 0.25) is 10.0 Å². The van der Waals surface area contributed by atoms with Gasteiger partial charge in [-0.25, -0.2) is 0 Å². The number of aromatic nitrogens is 1. The van der Waals surface area contributed by atoms with Crippen LogP contribution in [0.1, 0.15) is 15.9 Å². The summed E-state index contributed by atoms with van der Waals surface area (Å²) in [5.41, 5.74) is 1.62. The van der Waals surface area contributed by atoms with Gasteiger partial charge in [0.15, 0.2) is 0 Å². The zero-order valence-electron chi connectivity index (χ0n) is 12.2. The average Bonchev–Trinajstić information content (AvgIpc) is 2.92. The molecule has 0 atom stereocenters. The van der Waals surface area contributed by atoms with Crippen LogP contribution in [-0.2, 0) is 6.61 Å². The summed E-state index contributed by atoms with van der Waals surface area (Å²) < 4.78 is 6.71. The molecule has 0 aliphatic carbocycles. The van der Waals surface area contributed by atoms with Gasteiger partial charge in [0.25, 0.3) is 5.91 Å². The molecule has 0 saturated carbocycles. The molecule has 0 aliphatic heterocycles. The van der Waals surface area contributed by atoms with E-state index in [-0.39, 0.29) is 28.8 Å². The van der Waals surface area contributed by atoms with Crippen LogP contribution in [0.4, 0.5) is 0 Å². The number of benzene rings is 2. The smallest absolute Gasteiger partial charge is 0.266 e. The quantitative estimate of drug-likeness (QED) is 0.773. The van der Waals surface area contributed by atoms with Crippen molar-refractivity contribution >= 4 is 40.0 Å². The molecule has 0 radical (unpaired) electrons. The lowest BCUT2D eigenvalue weighted by atomic mass is 10.1. The van der Waals surface area contributed by atoms with Crippen molar-refractivity contribution in [2.45, 2.75) is 6.61 Å². The second-order valence-electron chi connectivity index (χ2n) is 4.97. The number of methoxy groups -OCH3 is 1. The number of para-hydroxylation sites is 1. The van der Waals surface area contributed by atoms with Gasteiger partial charge in [-0.3, -0.25) is 9.36 Å². The molecule has 0 spiro atoms.